The molecule has 0 heterocycles. The van der Waals surface area contributed by atoms with Gasteiger partial charge in [0.1, 0.15) is 0 Å². The summed E-state index contributed by atoms with van der Waals surface area (Å²) in [6.45, 7) is 4.05. The summed E-state index contributed by atoms with van der Waals surface area (Å²) in [6.07, 6.45) is 2.22. The number of hydrogen-bond donors (Lipinski definition) is 2. The standard InChI is InChI=1S/C17H30N4O3S.HI/c1-18-17(19-10-12-21(2)11-5-13-24-3)20-14-15-6-8-16(9-7-15)25(4,22)23;/h6-9H,5,10-14H2,1-4H3,(H2,18,19,20);1H. The molecule has 0 fully saturated rings. The Bertz CT molecular complexity index is 636. The van der Waals surface area contributed by atoms with Crippen LogP contribution in [0.25, 0.3) is 0 Å². The number of nitrogens with one attached hydrogen (secondary N) is 2. The predicted molar refractivity (Wildman–Crippen MR) is 117 cm³/mol. The molecule has 26 heavy (non-hydrogen) atoms. The molecule has 0 aromatic heterocycles. The maximum Gasteiger partial charge on any atom is 0.191 e. The van der Waals surface area contributed by atoms with Gasteiger partial charge in [-0.2, -0.15) is 0 Å². The first kappa shape index (κ1) is 25.1. The first-order valence-corrected chi connectivity index (χ1v) is 10.2. The van der Waals surface area contributed by atoms with Crippen molar-refractivity contribution in [1.29, 1.82) is 0 Å². The largest absolute Gasteiger partial charge is 0.385 e. The molecule has 0 saturated heterocycles. The van der Waals surface area contributed by atoms with Crippen molar-refractivity contribution < 1.29 is 13.2 Å². The Morgan fingerprint density at radius 2 is 1.85 bits per heavy atom. The van der Waals surface area contributed by atoms with Crippen molar-refractivity contribution in [3.05, 3.63) is 29.8 Å². The van der Waals surface area contributed by atoms with Crippen molar-refractivity contribution in [2.45, 2.75) is 17.9 Å². The molecule has 2 N–H and O–H groups in total. The summed E-state index contributed by atoms with van der Waals surface area (Å²) in [5, 5.41) is 6.49. The van der Waals surface area contributed by atoms with Gasteiger partial charge in [0, 0.05) is 53.2 Å². The molecule has 0 aliphatic heterocycles. The Hall–Kier alpha value is -0.910. The quantitative estimate of drug-likeness (QED) is 0.219. The number of halogens is 1. The van der Waals surface area contributed by atoms with E-state index in [0.717, 1.165) is 44.2 Å². The Morgan fingerprint density at radius 3 is 2.38 bits per heavy atom. The van der Waals surface area contributed by atoms with Gasteiger partial charge in [0.2, 0.25) is 0 Å². The van der Waals surface area contributed by atoms with Crippen LogP contribution in [0.3, 0.4) is 0 Å². The Labute approximate surface area is 174 Å². The molecule has 9 heteroatoms. The van der Waals surface area contributed by atoms with Crippen LogP contribution < -0.4 is 10.6 Å². The zero-order chi connectivity index (χ0) is 18.7. The summed E-state index contributed by atoms with van der Waals surface area (Å²) in [5.41, 5.74) is 0.993. The minimum absolute atomic E-state index is 0. The number of nitrogens with zero attached hydrogens (tertiary/aromatic N) is 2. The second-order valence-electron chi connectivity index (χ2n) is 5.92. The van der Waals surface area contributed by atoms with Crippen molar-refractivity contribution in [2.75, 3.05) is 53.7 Å². The Morgan fingerprint density at radius 1 is 1.19 bits per heavy atom. The van der Waals surface area contributed by atoms with Crippen LogP contribution in [0.5, 0.6) is 0 Å². The van der Waals surface area contributed by atoms with E-state index in [9.17, 15) is 8.42 Å². The van der Waals surface area contributed by atoms with Crippen LogP contribution in [-0.2, 0) is 21.1 Å². The maximum atomic E-state index is 11.5. The number of ether oxygens (including phenoxy) is 1. The summed E-state index contributed by atoms with van der Waals surface area (Å²) in [4.78, 5) is 6.76. The fourth-order valence-electron chi connectivity index (χ4n) is 2.22. The lowest BCUT2D eigenvalue weighted by atomic mass is 10.2. The Kier molecular flexibility index (Phi) is 12.8. The van der Waals surface area contributed by atoms with Crippen LogP contribution in [0.15, 0.2) is 34.2 Å². The fourth-order valence-corrected chi connectivity index (χ4v) is 2.85. The van der Waals surface area contributed by atoms with E-state index in [1.54, 1.807) is 38.4 Å². The molecule has 0 amide bonds. The average molecular weight is 498 g/mol. The monoisotopic (exact) mass is 498 g/mol. The van der Waals surface area contributed by atoms with Crippen molar-refractivity contribution in [3.8, 4) is 0 Å². The number of methoxy groups -OCH3 is 1. The molecule has 0 aliphatic carbocycles. The number of benzene rings is 1. The lowest BCUT2D eigenvalue weighted by Gasteiger charge is -2.18. The number of rotatable bonds is 10. The zero-order valence-corrected chi connectivity index (χ0v) is 19.1. The highest BCUT2D eigenvalue weighted by Crippen LogP contribution is 2.10. The van der Waals surface area contributed by atoms with Gasteiger partial charge in [0.05, 0.1) is 4.90 Å². The predicted octanol–water partition coefficient (Wildman–Crippen LogP) is 1.34. The van der Waals surface area contributed by atoms with E-state index in [-0.39, 0.29) is 24.0 Å². The van der Waals surface area contributed by atoms with Gasteiger partial charge in [-0.3, -0.25) is 4.99 Å². The van der Waals surface area contributed by atoms with Crippen molar-refractivity contribution in [1.82, 2.24) is 15.5 Å². The molecule has 0 radical (unpaired) electrons. The van der Waals surface area contributed by atoms with Gasteiger partial charge in [0.15, 0.2) is 15.8 Å². The molecule has 1 rings (SSSR count). The summed E-state index contributed by atoms with van der Waals surface area (Å²) in [6, 6.07) is 6.86. The molecule has 150 valence electrons. The first-order chi connectivity index (χ1) is 11.9. The molecule has 0 atom stereocenters. The number of aliphatic imine (C=N–C) groups is 1. The second kappa shape index (κ2) is 13.3. The zero-order valence-electron chi connectivity index (χ0n) is 16.0. The van der Waals surface area contributed by atoms with Gasteiger partial charge in [-0.25, -0.2) is 8.42 Å². The molecule has 0 aliphatic rings. The molecule has 1 aromatic rings. The summed E-state index contributed by atoms with van der Waals surface area (Å²) < 4.78 is 28.0. The van der Waals surface area contributed by atoms with Crippen LogP contribution in [-0.4, -0.2) is 73.0 Å². The van der Waals surface area contributed by atoms with Gasteiger partial charge in [-0.15, -0.1) is 24.0 Å². The molecule has 0 unspecified atom stereocenters. The highest BCUT2D eigenvalue weighted by atomic mass is 127. The molecule has 0 bridgehead atoms. The van der Waals surface area contributed by atoms with E-state index >= 15 is 0 Å². The molecule has 7 nitrogen and oxygen atoms in total. The van der Waals surface area contributed by atoms with Crippen molar-refractivity contribution in [2.24, 2.45) is 4.99 Å². The normalized spacial score (nSPS) is 12.0. The van der Waals surface area contributed by atoms with Crippen LogP contribution in [0.2, 0.25) is 0 Å². The average Bonchev–Trinajstić information content (AvgIpc) is 2.57. The van der Waals surface area contributed by atoms with Crippen LogP contribution in [0.1, 0.15) is 12.0 Å². The smallest absolute Gasteiger partial charge is 0.191 e. The van der Waals surface area contributed by atoms with Crippen molar-refractivity contribution >= 4 is 39.8 Å². The van der Waals surface area contributed by atoms with Crippen LogP contribution in [0, 0.1) is 0 Å². The molecule has 0 spiro atoms. The lowest BCUT2D eigenvalue weighted by Crippen LogP contribution is -2.40. The summed E-state index contributed by atoms with van der Waals surface area (Å²) >= 11 is 0. The van der Waals surface area contributed by atoms with Gasteiger partial charge in [-0.05, 0) is 31.2 Å². The molecular formula is C17H31IN4O3S. The number of sulfone groups is 1. The second-order valence-corrected chi connectivity index (χ2v) is 7.93. The van der Waals surface area contributed by atoms with Crippen LogP contribution in [0.4, 0.5) is 0 Å². The fraction of sp³-hybridized carbons (Fsp3) is 0.588. The molecule has 0 saturated carbocycles. The van der Waals surface area contributed by atoms with E-state index in [4.69, 9.17) is 4.74 Å². The van der Waals surface area contributed by atoms with E-state index in [2.05, 4.69) is 27.6 Å². The lowest BCUT2D eigenvalue weighted by molar-refractivity contribution is 0.180. The van der Waals surface area contributed by atoms with Crippen LogP contribution >= 0.6 is 24.0 Å². The first-order valence-electron chi connectivity index (χ1n) is 8.28. The number of guanidine groups is 1. The highest BCUT2D eigenvalue weighted by Gasteiger charge is 2.06. The van der Waals surface area contributed by atoms with E-state index in [0.29, 0.717) is 11.4 Å². The number of likely N-dealkylation sites (N-methyl/N-ethyl adjacent to an activating group) is 1. The topological polar surface area (TPSA) is 83.0 Å². The van der Waals surface area contributed by atoms with Gasteiger partial charge in [-0.1, -0.05) is 12.1 Å². The minimum Gasteiger partial charge on any atom is -0.385 e. The summed E-state index contributed by atoms with van der Waals surface area (Å²) in [7, 11) is 2.37. The number of hydrogen-bond acceptors (Lipinski definition) is 5. The summed E-state index contributed by atoms with van der Waals surface area (Å²) in [5.74, 6) is 0.720. The van der Waals surface area contributed by atoms with Gasteiger partial charge < -0.3 is 20.3 Å². The third-order valence-corrected chi connectivity index (χ3v) is 4.84. The Balaban J connectivity index is 0.00000625. The highest BCUT2D eigenvalue weighted by molar-refractivity contribution is 14.0. The van der Waals surface area contributed by atoms with Gasteiger partial charge >= 0.3 is 0 Å². The van der Waals surface area contributed by atoms with E-state index in [1.807, 2.05) is 0 Å². The SMILES string of the molecule is CN=C(NCCN(C)CCCOC)NCc1ccc(S(C)(=O)=O)cc1.I. The third kappa shape index (κ3) is 10.3. The van der Waals surface area contributed by atoms with E-state index < -0.39 is 9.84 Å². The molecule has 1 aromatic carbocycles. The molecular weight excluding hydrogens is 467 g/mol. The van der Waals surface area contributed by atoms with E-state index in [1.165, 1.54) is 6.26 Å². The third-order valence-electron chi connectivity index (χ3n) is 3.71. The van der Waals surface area contributed by atoms with Gasteiger partial charge in [0.25, 0.3) is 0 Å². The van der Waals surface area contributed by atoms with Crippen molar-refractivity contribution in [3.63, 3.8) is 0 Å². The minimum atomic E-state index is -3.15. The maximum absolute atomic E-state index is 11.5.